The van der Waals surface area contributed by atoms with E-state index >= 15 is 0 Å². The first-order valence-corrected chi connectivity index (χ1v) is 7.92. The van der Waals surface area contributed by atoms with Crippen LogP contribution in [0.2, 0.25) is 0 Å². The Labute approximate surface area is 127 Å². The fourth-order valence-electron chi connectivity index (χ4n) is 3.25. The van der Waals surface area contributed by atoms with Crippen molar-refractivity contribution in [2.75, 3.05) is 0 Å². The molecule has 3 N–H and O–H groups in total. The summed E-state index contributed by atoms with van der Waals surface area (Å²) in [5.74, 6) is 0.00824. The second-order valence-corrected chi connectivity index (χ2v) is 6.57. The minimum atomic E-state index is -0.661. The number of hydrogen-bond donors (Lipinski definition) is 2. The van der Waals surface area contributed by atoms with Gasteiger partial charge in [0.15, 0.2) is 0 Å². The van der Waals surface area contributed by atoms with Crippen LogP contribution in [-0.4, -0.2) is 27.3 Å². The van der Waals surface area contributed by atoms with Gasteiger partial charge in [-0.3, -0.25) is 9.48 Å². The first-order valence-electron chi connectivity index (χ1n) is 7.92. The molecule has 1 fully saturated rings. The van der Waals surface area contributed by atoms with Gasteiger partial charge in [0, 0.05) is 18.8 Å². The summed E-state index contributed by atoms with van der Waals surface area (Å²) in [5, 5.41) is 7.53. The van der Waals surface area contributed by atoms with Crippen LogP contribution in [0.3, 0.4) is 0 Å². The standard InChI is InChI=1S/C16H28N4O/c1-11(10-14-12(2)19-20(4)13(14)3)18-15(21)16(17)8-6-5-7-9-16/h11H,5-10,17H2,1-4H3,(H,18,21). The SMILES string of the molecule is Cc1nn(C)c(C)c1CC(C)NC(=O)C1(N)CCCCC1. The van der Waals surface area contributed by atoms with Crippen molar-refractivity contribution in [2.45, 2.75) is 70.9 Å². The lowest BCUT2D eigenvalue weighted by molar-refractivity contribution is -0.128. The summed E-state index contributed by atoms with van der Waals surface area (Å²) in [5.41, 5.74) is 9.04. The topological polar surface area (TPSA) is 72.9 Å². The van der Waals surface area contributed by atoms with Crippen molar-refractivity contribution >= 4 is 5.91 Å². The van der Waals surface area contributed by atoms with E-state index < -0.39 is 5.54 Å². The van der Waals surface area contributed by atoms with E-state index in [-0.39, 0.29) is 11.9 Å². The van der Waals surface area contributed by atoms with Gasteiger partial charge in [-0.15, -0.1) is 0 Å². The van der Waals surface area contributed by atoms with E-state index in [1.165, 1.54) is 12.0 Å². The molecule has 1 heterocycles. The van der Waals surface area contributed by atoms with Crippen LogP contribution < -0.4 is 11.1 Å². The lowest BCUT2D eigenvalue weighted by Gasteiger charge is -2.33. The molecule has 118 valence electrons. The molecule has 5 heteroatoms. The number of nitrogens with one attached hydrogen (secondary N) is 1. The number of nitrogens with two attached hydrogens (primary N) is 1. The van der Waals surface area contributed by atoms with Crippen molar-refractivity contribution < 1.29 is 4.79 Å². The first-order chi connectivity index (χ1) is 9.83. The first kappa shape index (κ1) is 16.0. The fourth-order valence-corrected chi connectivity index (χ4v) is 3.25. The molecular formula is C16H28N4O. The quantitative estimate of drug-likeness (QED) is 0.888. The summed E-state index contributed by atoms with van der Waals surface area (Å²) in [6.07, 6.45) is 5.70. The molecule has 0 radical (unpaired) electrons. The third kappa shape index (κ3) is 3.46. The van der Waals surface area contributed by atoms with E-state index in [0.717, 1.165) is 43.5 Å². The van der Waals surface area contributed by atoms with Crippen LogP contribution in [0.5, 0.6) is 0 Å². The molecule has 0 bridgehead atoms. The largest absolute Gasteiger partial charge is 0.352 e. The van der Waals surface area contributed by atoms with Gasteiger partial charge >= 0.3 is 0 Å². The van der Waals surface area contributed by atoms with Gasteiger partial charge in [-0.2, -0.15) is 5.10 Å². The summed E-state index contributed by atoms with van der Waals surface area (Å²) in [6.45, 7) is 6.12. The summed E-state index contributed by atoms with van der Waals surface area (Å²) in [7, 11) is 1.95. The second kappa shape index (κ2) is 6.18. The Kier molecular flexibility index (Phi) is 4.71. The molecule has 0 aromatic carbocycles. The number of amides is 1. The van der Waals surface area contributed by atoms with Crippen LogP contribution >= 0.6 is 0 Å². The monoisotopic (exact) mass is 292 g/mol. The summed E-state index contributed by atoms with van der Waals surface area (Å²) < 4.78 is 1.89. The number of nitrogens with zero attached hydrogens (tertiary/aromatic N) is 2. The van der Waals surface area contributed by atoms with Crippen LogP contribution in [0.25, 0.3) is 0 Å². The van der Waals surface area contributed by atoms with E-state index in [2.05, 4.69) is 17.3 Å². The number of carbonyl (C=O) groups is 1. The lowest BCUT2D eigenvalue weighted by atomic mass is 9.81. The molecule has 1 atom stereocenters. The Morgan fingerprint density at radius 3 is 2.52 bits per heavy atom. The molecule has 0 aliphatic heterocycles. The Bertz CT molecular complexity index is 515. The summed E-state index contributed by atoms with van der Waals surface area (Å²) in [4.78, 5) is 12.4. The Morgan fingerprint density at radius 1 is 1.38 bits per heavy atom. The molecule has 1 aliphatic carbocycles. The summed E-state index contributed by atoms with van der Waals surface area (Å²) >= 11 is 0. The van der Waals surface area contributed by atoms with Gasteiger partial charge in [0.1, 0.15) is 0 Å². The van der Waals surface area contributed by atoms with Crippen molar-refractivity contribution in [1.29, 1.82) is 0 Å². The number of aryl methyl sites for hydroxylation is 2. The zero-order chi connectivity index (χ0) is 15.6. The van der Waals surface area contributed by atoms with Gasteiger partial charge in [0.05, 0.1) is 11.2 Å². The van der Waals surface area contributed by atoms with Gasteiger partial charge < -0.3 is 11.1 Å². The molecule has 1 aromatic heterocycles. The zero-order valence-corrected chi connectivity index (χ0v) is 13.7. The minimum absolute atomic E-state index is 0.00824. The lowest BCUT2D eigenvalue weighted by Crippen LogP contribution is -2.56. The maximum atomic E-state index is 12.4. The molecule has 0 saturated heterocycles. The van der Waals surface area contributed by atoms with Crippen molar-refractivity contribution in [2.24, 2.45) is 12.8 Å². The van der Waals surface area contributed by atoms with Crippen molar-refractivity contribution in [3.05, 3.63) is 17.0 Å². The predicted molar refractivity (Wildman–Crippen MR) is 84.0 cm³/mol. The number of carbonyl (C=O) groups excluding carboxylic acids is 1. The normalized spacial score (nSPS) is 19.3. The third-order valence-electron chi connectivity index (χ3n) is 4.74. The molecule has 5 nitrogen and oxygen atoms in total. The molecule has 1 saturated carbocycles. The smallest absolute Gasteiger partial charge is 0.240 e. The highest BCUT2D eigenvalue weighted by Gasteiger charge is 2.35. The number of rotatable bonds is 4. The van der Waals surface area contributed by atoms with E-state index in [1.54, 1.807) is 0 Å². The summed E-state index contributed by atoms with van der Waals surface area (Å²) in [6, 6.07) is 0.0708. The number of hydrogen-bond acceptors (Lipinski definition) is 3. The highest BCUT2D eigenvalue weighted by atomic mass is 16.2. The molecular weight excluding hydrogens is 264 g/mol. The van der Waals surface area contributed by atoms with Crippen LogP contribution in [0.15, 0.2) is 0 Å². The Morgan fingerprint density at radius 2 is 2.00 bits per heavy atom. The highest BCUT2D eigenvalue weighted by molar-refractivity contribution is 5.86. The highest BCUT2D eigenvalue weighted by Crippen LogP contribution is 2.26. The molecule has 1 aliphatic rings. The van der Waals surface area contributed by atoms with Gasteiger partial charge in [0.25, 0.3) is 0 Å². The number of aromatic nitrogens is 2. The Balaban J connectivity index is 1.98. The second-order valence-electron chi connectivity index (χ2n) is 6.57. The van der Waals surface area contributed by atoms with Crippen LogP contribution in [0, 0.1) is 13.8 Å². The molecule has 21 heavy (non-hydrogen) atoms. The average Bonchev–Trinajstić information content (AvgIpc) is 2.66. The van der Waals surface area contributed by atoms with Crippen LogP contribution in [0.1, 0.15) is 56.0 Å². The van der Waals surface area contributed by atoms with Gasteiger partial charge in [-0.05, 0) is 45.6 Å². The van der Waals surface area contributed by atoms with E-state index in [0.29, 0.717) is 0 Å². The Hall–Kier alpha value is -1.36. The van der Waals surface area contributed by atoms with Crippen molar-refractivity contribution in [3.63, 3.8) is 0 Å². The zero-order valence-electron chi connectivity index (χ0n) is 13.7. The molecule has 0 spiro atoms. The molecule has 1 unspecified atom stereocenters. The molecule has 2 rings (SSSR count). The molecule has 1 aromatic rings. The fraction of sp³-hybridized carbons (Fsp3) is 0.750. The maximum absolute atomic E-state index is 12.4. The maximum Gasteiger partial charge on any atom is 0.240 e. The average molecular weight is 292 g/mol. The van der Waals surface area contributed by atoms with Crippen LogP contribution in [0.4, 0.5) is 0 Å². The van der Waals surface area contributed by atoms with Gasteiger partial charge in [-0.1, -0.05) is 19.3 Å². The van der Waals surface area contributed by atoms with E-state index in [1.807, 2.05) is 25.6 Å². The minimum Gasteiger partial charge on any atom is -0.352 e. The van der Waals surface area contributed by atoms with Gasteiger partial charge in [-0.25, -0.2) is 0 Å². The van der Waals surface area contributed by atoms with Crippen LogP contribution in [-0.2, 0) is 18.3 Å². The third-order valence-corrected chi connectivity index (χ3v) is 4.74. The predicted octanol–water partition coefficient (Wildman–Crippen LogP) is 1.75. The van der Waals surface area contributed by atoms with Gasteiger partial charge in [0.2, 0.25) is 5.91 Å². The van der Waals surface area contributed by atoms with Crippen molar-refractivity contribution in [3.8, 4) is 0 Å². The molecule has 1 amide bonds. The van der Waals surface area contributed by atoms with Crippen molar-refractivity contribution in [1.82, 2.24) is 15.1 Å². The van der Waals surface area contributed by atoms with E-state index in [9.17, 15) is 4.79 Å². The van der Waals surface area contributed by atoms with E-state index in [4.69, 9.17) is 5.73 Å².